The summed E-state index contributed by atoms with van der Waals surface area (Å²) in [5.74, 6) is -1.90. The molecule has 0 aromatic rings. The number of fused-ring (bicyclic) bond motifs is 1. The van der Waals surface area contributed by atoms with Crippen LogP contribution in [0.25, 0.3) is 0 Å². The average molecular weight is 372 g/mol. The molecule has 1 saturated heterocycles. The summed E-state index contributed by atoms with van der Waals surface area (Å²) in [6, 6.07) is -0.145. The lowest BCUT2D eigenvalue weighted by Gasteiger charge is -2.38. The summed E-state index contributed by atoms with van der Waals surface area (Å²) in [6.45, 7) is 5.97. The number of amidine groups is 1. The van der Waals surface area contributed by atoms with Crippen LogP contribution in [0.3, 0.4) is 0 Å². The largest absolute Gasteiger partial charge is 0.378 e. The predicted octanol–water partition coefficient (Wildman–Crippen LogP) is 2.14. The molecule has 128 valence electrons. The van der Waals surface area contributed by atoms with E-state index < -0.39 is 17.2 Å². The Hall–Kier alpha value is -1.56. The lowest BCUT2D eigenvalue weighted by molar-refractivity contribution is 0.108. The van der Waals surface area contributed by atoms with Gasteiger partial charge in [0.05, 0.1) is 10.9 Å². The fraction of sp³-hybridized carbons (Fsp3) is 0.467. The molecule has 3 aliphatic rings. The predicted molar refractivity (Wildman–Crippen MR) is 91.6 cm³/mol. The molecule has 24 heavy (non-hydrogen) atoms. The molecule has 2 aliphatic heterocycles. The average Bonchev–Trinajstić information content (AvgIpc) is 2.79. The van der Waals surface area contributed by atoms with Gasteiger partial charge in [-0.3, -0.25) is 5.32 Å². The zero-order valence-corrected chi connectivity index (χ0v) is 14.5. The Bertz CT molecular complexity index is 718. The minimum Gasteiger partial charge on any atom is -0.378 e. The number of hydrogen-bond donors (Lipinski definition) is 2. The van der Waals surface area contributed by atoms with Gasteiger partial charge < -0.3 is 10.6 Å². The number of nitrogens with one attached hydrogen (secondary N) is 1. The first-order valence-corrected chi connectivity index (χ1v) is 8.56. The highest BCUT2D eigenvalue weighted by atomic mass is 35.5. The van der Waals surface area contributed by atoms with Crippen molar-refractivity contribution in [2.75, 3.05) is 13.1 Å². The summed E-state index contributed by atoms with van der Waals surface area (Å²) in [5.41, 5.74) is 6.62. The summed E-state index contributed by atoms with van der Waals surface area (Å²) in [5, 5.41) is 11.4. The van der Waals surface area contributed by atoms with Crippen molar-refractivity contribution in [3.05, 3.63) is 34.5 Å². The maximum Gasteiger partial charge on any atom is 0.179 e. The van der Waals surface area contributed by atoms with Crippen LogP contribution in [0.1, 0.15) is 6.92 Å². The zero-order valence-electron chi connectivity index (χ0n) is 12.9. The lowest BCUT2D eigenvalue weighted by Crippen LogP contribution is -2.60. The zero-order chi connectivity index (χ0) is 17.6. The van der Waals surface area contributed by atoms with E-state index in [-0.39, 0.29) is 22.2 Å². The Morgan fingerprint density at radius 3 is 2.96 bits per heavy atom. The summed E-state index contributed by atoms with van der Waals surface area (Å²) < 4.78 is 28.9. The topological polar surface area (TPSA) is 77.4 Å². The van der Waals surface area contributed by atoms with Crippen LogP contribution >= 0.6 is 23.4 Å². The van der Waals surface area contributed by atoms with Crippen LogP contribution in [-0.2, 0) is 0 Å². The van der Waals surface area contributed by atoms with E-state index in [0.29, 0.717) is 24.0 Å². The Labute approximate surface area is 147 Å². The highest BCUT2D eigenvalue weighted by Gasteiger charge is 2.47. The van der Waals surface area contributed by atoms with Crippen LogP contribution in [0.15, 0.2) is 39.5 Å². The van der Waals surface area contributed by atoms with Gasteiger partial charge in [-0.2, -0.15) is 5.26 Å². The molecule has 3 N–H and O–H groups in total. The van der Waals surface area contributed by atoms with Crippen molar-refractivity contribution in [3.8, 4) is 6.19 Å². The van der Waals surface area contributed by atoms with Crippen molar-refractivity contribution in [1.29, 1.82) is 5.26 Å². The van der Waals surface area contributed by atoms with Crippen LogP contribution in [-0.4, -0.2) is 46.4 Å². The Kier molecular flexibility index (Phi) is 4.36. The summed E-state index contributed by atoms with van der Waals surface area (Å²) in [7, 11) is 0. The quantitative estimate of drug-likeness (QED) is 0.440. The number of aliphatic imine (C=N–C) groups is 1. The number of halogens is 3. The van der Waals surface area contributed by atoms with E-state index in [1.807, 2.05) is 6.19 Å². The van der Waals surface area contributed by atoms with E-state index in [1.54, 1.807) is 0 Å². The summed E-state index contributed by atoms with van der Waals surface area (Å²) in [4.78, 5) is 5.59. The van der Waals surface area contributed by atoms with Crippen molar-refractivity contribution in [2.45, 2.75) is 30.2 Å². The molecule has 0 bridgehead atoms. The van der Waals surface area contributed by atoms with Gasteiger partial charge in [0.15, 0.2) is 17.2 Å². The third-order valence-corrected chi connectivity index (χ3v) is 5.47. The van der Waals surface area contributed by atoms with E-state index in [4.69, 9.17) is 22.6 Å². The third-order valence-electron chi connectivity index (χ3n) is 4.09. The van der Waals surface area contributed by atoms with Gasteiger partial charge >= 0.3 is 0 Å². The second-order valence-corrected chi connectivity index (χ2v) is 7.65. The monoisotopic (exact) mass is 371 g/mol. The molecule has 0 spiro atoms. The van der Waals surface area contributed by atoms with Gasteiger partial charge in [0, 0.05) is 29.7 Å². The molecular weight excluding hydrogens is 356 g/mol. The van der Waals surface area contributed by atoms with E-state index in [1.165, 1.54) is 11.8 Å². The van der Waals surface area contributed by atoms with Crippen LogP contribution in [0, 0.1) is 11.5 Å². The maximum absolute atomic E-state index is 14.6. The molecule has 3 rings (SSSR count). The second-order valence-electron chi connectivity index (χ2n) is 6.08. The van der Waals surface area contributed by atoms with Gasteiger partial charge in [-0.05, 0) is 18.6 Å². The molecule has 0 radical (unpaired) electrons. The molecule has 0 aromatic heterocycles. The summed E-state index contributed by atoms with van der Waals surface area (Å²) >= 11 is 7.31. The number of nitriles is 1. The number of alkyl halides is 2. The van der Waals surface area contributed by atoms with Crippen molar-refractivity contribution in [3.63, 3.8) is 0 Å². The standard InChI is InChI=1S/C15H16ClF2N5S/c1-7(10-11(17)13-12(10)21-14(20)24-13)9(16)3-15(2,18)22-8-4-23(5-8)6-19/h3,8,11,13,22H,1,4-5H2,2H3,(H2,20,21)/b9-3+/t11-,13?,15?/m0/s1. The minimum atomic E-state index is -1.90. The molecule has 5 nitrogen and oxygen atoms in total. The van der Waals surface area contributed by atoms with E-state index in [0.717, 1.165) is 17.8 Å². The van der Waals surface area contributed by atoms with Gasteiger partial charge in [-0.25, -0.2) is 13.8 Å². The SMILES string of the molecule is C=C(C1=C2N=C(N)SC2[C@H]1F)/C(Cl)=C\C(C)(F)NC1CN(C#N)C1. The first kappa shape index (κ1) is 17.3. The molecule has 1 aliphatic carbocycles. The number of allylic oxidation sites excluding steroid dienone is 3. The number of thioether (sulfide) groups is 1. The molecule has 0 amide bonds. The molecule has 1 fully saturated rings. The Balaban J connectivity index is 1.69. The lowest BCUT2D eigenvalue weighted by atomic mass is 9.85. The Morgan fingerprint density at radius 2 is 2.33 bits per heavy atom. The van der Waals surface area contributed by atoms with Crippen LogP contribution in [0.4, 0.5) is 8.78 Å². The van der Waals surface area contributed by atoms with Crippen LogP contribution in [0.2, 0.25) is 0 Å². The number of nitrogens with two attached hydrogens (primary N) is 1. The highest BCUT2D eigenvalue weighted by molar-refractivity contribution is 8.14. The van der Waals surface area contributed by atoms with E-state index in [9.17, 15) is 8.78 Å². The molecule has 0 saturated carbocycles. The van der Waals surface area contributed by atoms with Gasteiger partial charge in [0.1, 0.15) is 6.17 Å². The molecule has 9 heteroatoms. The second kappa shape index (κ2) is 6.06. The van der Waals surface area contributed by atoms with Crippen LogP contribution in [0.5, 0.6) is 0 Å². The van der Waals surface area contributed by atoms with Gasteiger partial charge in [-0.1, -0.05) is 29.9 Å². The van der Waals surface area contributed by atoms with Gasteiger partial charge in [-0.15, -0.1) is 0 Å². The number of hydrogen-bond acceptors (Lipinski definition) is 6. The number of rotatable bonds is 5. The first-order valence-electron chi connectivity index (χ1n) is 7.30. The van der Waals surface area contributed by atoms with E-state index >= 15 is 0 Å². The molecule has 2 heterocycles. The minimum absolute atomic E-state index is 0.0261. The molecular formula is C15H16ClF2N5S. The smallest absolute Gasteiger partial charge is 0.179 e. The van der Waals surface area contributed by atoms with Crippen molar-refractivity contribution in [1.82, 2.24) is 10.2 Å². The van der Waals surface area contributed by atoms with Crippen LogP contribution < -0.4 is 11.1 Å². The van der Waals surface area contributed by atoms with Gasteiger partial charge in [0.2, 0.25) is 0 Å². The van der Waals surface area contributed by atoms with Crippen molar-refractivity contribution >= 4 is 28.5 Å². The molecule has 3 atom stereocenters. The van der Waals surface area contributed by atoms with Crippen molar-refractivity contribution in [2.24, 2.45) is 10.7 Å². The normalized spacial score (nSPS) is 29.2. The first-order chi connectivity index (χ1) is 11.2. The Morgan fingerprint density at radius 1 is 1.67 bits per heavy atom. The molecule has 2 unspecified atom stereocenters. The highest BCUT2D eigenvalue weighted by Crippen LogP contribution is 2.49. The van der Waals surface area contributed by atoms with Crippen molar-refractivity contribution < 1.29 is 8.78 Å². The van der Waals surface area contributed by atoms with E-state index in [2.05, 4.69) is 16.9 Å². The maximum atomic E-state index is 14.6. The summed E-state index contributed by atoms with van der Waals surface area (Å²) in [6.07, 6.45) is 1.88. The third kappa shape index (κ3) is 3.04. The molecule has 0 aromatic carbocycles. The fourth-order valence-corrected chi connectivity index (χ4v) is 4.13. The van der Waals surface area contributed by atoms with Gasteiger partial charge in [0.25, 0.3) is 0 Å². The fourth-order valence-electron chi connectivity index (χ4n) is 2.87. The number of nitrogens with zero attached hydrogens (tertiary/aromatic N) is 3. The number of likely N-dealkylation sites (tertiary alicyclic amines) is 1.